The molecule has 20 heavy (non-hydrogen) atoms. The van der Waals surface area contributed by atoms with Gasteiger partial charge in [0.15, 0.2) is 0 Å². The highest BCUT2D eigenvalue weighted by atomic mass is 19.1. The normalized spacial score (nSPS) is 23.6. The average molecular weight is 281 g/mol. The molecule has 2 atom stereocenters. The van der Waals surface area contributed by atoms with Crippen molar-refractivity contribution < 1.29 is 8.78 Å². The molecule has 0 aliphatic heterocycles. The zero-order valence-electron chi connectivity index (χ0n) is 12.3. The maximum absolute atomic E-state index is 13.1. The minimum atomic E-state index is -0.486. The Labute approximate surface area is 120 Å². The van der Waals surface area contributed by atoms with Crippen LogP contribution in [-0.2, 0) is 6.42 Å². The molecular weight excluding hydrogens is 256 g/mol. The minimum absolute atomic E-state index is 0.486. The Hall–Kier alpha value is -0.960. The molecule has 2 unspecified atom stereocenters. The largest absolute Gasteiger partial charge is 0.314 e. The fourth-order valence-electron chi connectivity index (χ4n) is 3.17. The SMILES string of the molecule is CCC1CCCC(NCCc2cc(F)cc(F)c2)CC1. The third-order valence-electron chi connectivity index (χ3n) is 4.43. The van der Waals surface area contributed by atoms with E-state index in [0.717, 1.165) is 24.1 Å². The van der Waals surface area contributed by atoms with Crippen LogP contribution in [0.1, 0.15) is 51.0 Å². The summed E-state index contributed by atoms with van der Waals surface area (Å²) in [7, 11) is 0. The molecule has 1 fully saturated rings. The second-order valence-corrected chi connectivity index (χ2v) is 5.96. The second kappa shape index (κ2) is 7.72. The molecule has 1 aromatic carbocycles. The summed E-state index contributed by atoms with van der Waals surface area (Å²) in [4.78, 5) is 0. The van der Waals surface area contributed by atoms with E-state index in [4.69, 9.17) is 0 Å². The monoisotopic (exact) mass is 281 g/mol. The molecule has 0 spiro atoms. The van der Waals surface area contributed by atoms with Gasteiger partial charge in [-0.1, -0.05) is 26.2 Å². The zero-order chi connectivity index (χ0) is 14.4. The van der Waals surface area contributed by atoms with Crippen LogP contribution < -0.4 is 5.32 Å². The van der Waals surface area contributed by atoms with E-state index in [9.17, 15) is 8.78 Å². The van der Waals surface area contributed by atoms with Crippen LogP contribution in [-0.4, -0.2) is 12.6 Å². The molecule has 0 bridgehead atoms. The van der Waals surface area contributed by atoms with E-state index in [2.05, 4.69) is 12.2 Å². The summed E-state index contributed by atoms with van der Waals surface area (Å²) in [6.45, 7) is 3.07. The predicted molar refractivity (Wildman–Crippen MR) is 78.7 cm³/mol. The van der Waals surface area contributed by atoms with Crippen LogP contribution in [0.15, 0.2) is 18.2 Å². The van der Waals surface area contributed by atoms with Crippen LogP contribution >= 0.6 is 0 Å². The van der Waals surface area contributed by atoms with E-state index in [0.29, 0.717) is 12.5 Å². The summed E-state index contributed by atoms with van der Waals surface area (Å²) in [5.74, 6) is -0.0837. The maximum atomic E-state index is 13.1. The van der Waals surface area contributed by atoms with E-state index in [1.807, 2.05) is 0 Å². The van der Waals surface area contributed by atoms with Crippen LogP contribution in [0.3, 0.4) is 0 Å². The van der Waals surface area contributed by atoms with E-state index < -0.39 is 11.6 Å². The average Bonchev–Trinajstić information content (AvgIpc) is 2.63. The minimum Gasteiger partial charge on any atom is -0.314 e. The Morgan fingerprint density at radius 1 is 1.05 bits per heavy atom. The second-order valence-electron chi connectivity index (χ2n) is 5.96. The number of hydrogen-bond donors (Lipinski definition) is 1. The topological polar surface area (TPSA) is 12.0 Å². The first-order valence-electron chi connectivity index (χ1n) is 7.85. The Morgan fingerprint density at radius 2 is 1.80 bits per heavy atom. The highest BCUT2D eigenvalue weighted by Gasteiger charge is 2.17. The van der Waals surface area contributed by atoms with Gasteiger partial charge in [-0.2, -0.15) is 0 Å². The van der Waals surface area contributed by atoms with Crippen molar-refractivity contribution in [3.05, 3.63) is 35.4 Å². The lowest BCUT2D eigenvalue weighted by Gasteiger charge is -2.16. The fraction of sp³-hybridized carbons (Fsp3) is 0.647. The van der Waals surface area contributed by atoms with Gasteiger partial charge in [-0.05, 0) is 55.8 Å². The number of halogens is 2. The number of hydrogen-bond acceptors (Lipinski definition) is 1. The number of rotatable bonds is 5. The maximum Gasteiger partial charge on any atom is 0.126 e. The lowest BCUT2D eigenvalue weighted by atomic mass is 9.98. The molecule has 1 aliphatic carbocycles. The molecule has 1 saturated carbocycles. The number of benzene rings is 1. The smallest absolute Gasteiger partial charge is 0.126 e. The van der Waals surface area contributed by atoms with Gasteiger partial charge >= 0.3 is 0 Å². The highest BCUT2D eigenvalue weighted by molar-refractivity contribution is 5.18. The van der Waals surface area contributed by atoms with Gasteiger partial charge in [0.05, 0.1) is 0 Å². The Balaban J connectivity index is 1.75. The van der Waals surface area contributed by atoms with E-state index in [1.54, 1.807) is 0 Å². The molecule has 1 nitrogen and oxygen atoms in total. The van der Waals surface area contributed by atoms with Gasteiger partial charge in [-0.25, -0.2) is 8.78 Å². The Kier molecular flexibility index (Phi) is 5.96. The van der Waals surface area contributed by atoms with Crippen molar-refractivity contribution in [1.82, 2.24) is 5.32 Å². The molecule has 0 saturated heterocycles. The van der Waals surface area contributed by atoms with Gasteiger partial charge in [0.1, 0.15) is 11.6 Å². The standard InChI is InChI=1S/C17H25F2N/c1-2-13-4-3-5-17(7-6-13)20-9-8-14-10-15(18)12-16(19)11-14/h10-13,17,20H,2-9H2,1H3. The van der Waals surface area contributed by atoms with Crippen molar-refractivity contribution in [1.29, 1.82) is 0 Å². The molecule has 0 amide bonds. The summed E-state index contributed by atoms with van der Waals surface area (Å²) in [5, 5.41) is 3.55. The molecule has 1 aliphatic rings. The van der Waals surface area contributed by atoms with E-state index >= 15 is 0 Å². The van der Waals surface area contributed by atoms with Crippen molar-refractivity contribution in [2.45, 2.75) is 57.9 Å². The lowest BCUT2D eigenvalue weighted by Crippen LogP contribution is -2.30. The Morgan fingerprint density at radius 3 is 2.50 bits per heavy atom. The molecule has 0 heterocycles. The molecule has 2 rings (SSSR count). The van der Waals surface area contributed by atoms with Crippen LogP contribution in [0, 0.1) is 17.6 Å². The summed E-state index contributed by atoms with van der Waals surface area (Å²) in [6, 6.07) is 4.34. The van der Waals surface area contributed by atoms with Crippen molar-refractivity contribution in [3.8, 4) is 0 Å². The highest BCUT2D eigenvalue weighted by Crippen LogP contribution is 2.25. The van der Waals surface area contributed by atoms with Gasteiger partial charge in [-0.15, -0.1) is 0 Å². The molecule has 1 N–H and O–H groups in total. The summed E-state index contributed by atoms with van der Waals surface area (Å²) < 4.78 is 26.2. The first kappa shape index (κ1) is 15.4. The number of nitrogens with one attached hydrogen (secondary N) is 1. The predicted octanol–water partition coefficient (Wildman–Crippen LogP) is 4.46. The summed E-state index contributed by atoms with van der Waals surface area (Å²) >= 11 is 0. The van der Waals surface area contributed by atoms with Crippen molar-refractivity contribution in [3.63, 3.8) is 0 Å². The third kappa shape index (κ3) is 4.86. The Bertz CT molecular complexity index is 399. The van der Waals surface area contributed by atoms with Crippen molar-refractivity contribution in [2.75, 3.05) is 6.54 Å². The molecule has 1 aromatic rings. The summed E-state index contributed by atoms with van der Waals surface area (Å²) in [6.07, 6.45) is 8.39. The third-order valence-corrected chi connectivity index (χ3v) is 4.43. The van der Waals surface area contributed by atoms with E-state index in [-0.39, 0.29) is 0 Å². The molecule has 3 heteroatoms. The van der Waals surface area contributed by atoms with Crippen LogP contribution in [0.5, 0.6) is 0 Å². The fourth-order valence-corrected chi connectivity index (χ4v) is 3.17. The van der Waals surface area contributed by atoms with Crippen LogP contribution in [0.4, 0.5) is 8.78 Å². The zero-order valence-corrected chi connectivity index (χ0v) is 12.3. The van der Waals surface area contributed by atoms with Gasteiger partial charge in [0.2, 0.25) is 0 Å². The van der Waals surface area contributed by atoms with Gasteiger partial charge < -0.3 is 5.32 Å². The van der Waals surface area contributed by atoms with Crippen molar-refractivity contribution >= 4 is 0 Å². The first-order valence-corrected chi connectivity index (χ1v) is 7.85. The summed E-state index contributed by atoms with van der Waals surface area (Å²) in [5.41, 5.74) is 0.732. The molecule has 0 aromatic heterocycles. The van der Waals surface area contributed by atoms with Crippen LogP contribution in [0.25, 0.3) is 0 Å². The lowest BCUT2D eigenvalue weighted by molar-refractivity contribution is 0.426. The first-order chi connectivity index (χ1) is 9.67. The van der Waals surface area contributed by atoms with Crippen molar-refractivity contribution in [2.24, 2.45) is 5.92 Å². The quantitative estimate of drug-likeness (QED) is 0.786. The van der Waals surface area contributed by atoms with Gasteiger partial charge in [-0.3, -0.25) is 0 Å². The molecule has 0 radical (unpaired) electrons. The van der Waals surface area contributed by atoms with E-state index in [1.165, 1.54) is 50.7 Å². The van der Waals surface area contributed by atoms with Gasteiger partial charge in [0, 0.05) is 12.1 Å². The molecule has 112 valence electrons. The molecular formula is C17H25F2N. The van der Waals surface area contributed by atoms with Crippen LogP contribution in [0.2, 0.25) is 0 Å². The van der Waals surface area contributed by atoms with Gasteiger partial charge in [0.25, 0.3) is 0 Å².